The number of aromatic nitrogens is 5. The van der Waals surface area contributed by atoms with Crippen molar-refractivity contribution in [2.75, 3.05) is 0 Å². The quantitative estimate of drug-likeness (QED) is 0.698. The lowest BCUT2D eigenvalue weighted by atomic mass is 10.3. The average molecular weight is 283 g/mol. The molecular formula is C16H21N5. The Morgan fingerprint density at radius 1 is 1.05 bits per heavy atom. The Balaban J connectivity index is 2.02. The molecule has 2 heterocycles. The van der Waals surface area contributed by atoms with E-state index in [9.17, 15) is 0 Å². The van der Waals surface area contributed by atoms with E-state index in [1.165, 1.54) is 5.52 Å². The first kappa shape index (κ1) is 13.8. The summed E-state index contributed by atoms with van der Waals surface area (Å²) < 4.78 is 4.26. The molecule has 3 aromatic rings. The molecule has 5 heteroatoms. The maximum absolute atomic E-state index is 4.76. The Morgan fingerprint density at radius 3 is 2.71 bits per heavy atom. The Labute approximate surface area is 124 Å². The largest absolute Gasteiger partial charge is 0.320 e. The zero-order valence-corrected chi connectivity index (χ0v) is 12.7. The molecule has 1 aromatic carbocycles. The standard InChI is InChI=1S/C16H21N5/c1-3-7-15-19-13-8-5-6-9-14(13)20(15)11-16-17-12-18-21(16)10-4-2/h5-6,8-9,12H,3-4,7,10-11H2,1-2H3. The molecule has 0 amide bonds. The highest BCUT2D eigenvalue weighted by Crippen LogP contribution is 2.18. The number of rotatable bonds is 6. The van der Waals surface area contributed by atoms with E-state index in [4.69, 9.17) is 4.98 Å². The summed E-state index contributed by atoms with van der Waals surface area (Å²) in [4.78, 5) is 9.19. The van der Waals surface area contributed by atoms with Gasteiger partial charge in [-0.25, -0.2) is 14.6 Å². The molecule has 0 saturated carbocycles. The van der Waals surface area contributed by atoms with Crippen molar-refractivity contribution in [2.24, 2.45) is 0 Å². The van der Waals surface area contributed by atoms with Crippen LogP contribution >= 0.6 is 0 Å². The fourth-order valence-electron chi connectivity index (χ4n) is 2.67. The first-order valence-electron chi connectivity index (χ1n) is 7.64. The molecule has 0 spiro atoms. The van der Waals surface area contributed by atoms with Gasteiger partial charge in [-0.2, -0.15) is 5.10 Å². The molecule has 2 aromatic heterocycles. The van der Waals surface area contributed by atoms with E-state index in [-0.39, 0.29) is 0 Å². The van der Waals surface area contributed by atoms with Crippen LogP contribution in [0.5, 0.6) is 0 Å². The summed E-state index contributed by atoms with van der Waals surface area (Å²) in [6.07, 6.45) is 4.77. The third-order valence-corrected chi connectivity index (χ3v) is 3.64. The van der Waals surface area contributed by atoms with Crippen LogP contribution in [-0.4, -0.2) is 24.3 Å². The minimum Gasteiger partial charge on any atom is -0.320 e. The van der Waals surface area contributed by atoms with E-state index in [2.05, 4.69) is 46.7 Å². The molecule has 5 nitrogen and oxygen atoms in total. The minimum absolute atomic E-state index is 0.732. The van der Waals surface area contributed by atoms with Gasteiger partial charge in [0.2, 0.25) is 0 Å². The lowest BCUT2D eigenvalue weighted by Crippen LogP contribution is -2.12. The number of hydrogen-bond donors (Lipinski definition) is 0. The van der Waals surface area contributed by atoms with Gasteiger partial charge < -0.3 is 4.57 Å². The zero-order chi connectivity index (χ0) is 14.7. The zero-order valence-electron chi connectivity index (χ0n) is 12.7. The third-order valence-electron chi connectivity index (χ3n) is 3.64. The van der Waals surface area contributed by atoms with Gasteiger partial charge in [-0.1, -0.05) is 26.0 Å². The van der Waals surface area contributed by atoms with Crippen LogP contribution in [0.15, 0.2) is 30.6 Å². The smallest absolute Gasteiger partial charge is 0.146 e. The summed E-state index contributed by atoms with van der Waals surface area (Å²) in [6.45, 7) is 5.98. The highest BCUT2D eigenvalue weighted by Gasteiger charge is 2.12. The maximum Gasteiger partial charge on any atom is 0.146 e. The van der Waals surface area contributed by atoms with Crippen LogP contribution in [0.3, 0.4) is 0 Å². The van der Waals surface area contributed by atoms with Crippen LogP contribution in [0.2, 0.25) is 0 Å². The Morgan fingerprint density at radius 2 is 1.90 bits per heavy atom. The predicted octanol–water partition coefficient (Wildman–Crippen LogP) is 3.04. The van der Waals surface area contributed by atoms with E-state index < -0.39 is 0 Å². The summed E-state index contributed by atoms with van der Waals surface area (Å²) >= 11 is 0. The number of nitrogens with zero attached hydrogens (tertiary/aromatic N) is 5. The van der Waals surface area contributed by atoms with Gasteiger partial charge in [0.05, 0.1) is 17.6 Å². The van der Waals surface area contributed by atoms with E-state index in [0.717, 1.165) is 49.5 Å². The lowest BCUT2D eigenvalue weighted by Gasteiger charge is -2.09. The van der Waals surface area contributed by atoms with Crippen molar-refractivity contribution < 1.29 is 0 Å². The van der Waals surface area contributed by atoms with Gasteiger partial charge in [-0.05, 0) is 25.0 Å². The van der Waals surface area contributed by atoms with Crippen molar-refractivity contribution in [3.05, 3.63) is 42.2 Å². The first-order valence-corrected chi connectivity index (χ1v) is 7.64. The Bertz CT molecular complexity index is 725. The van der Waals surface area contributed by atoms with Gasteiger partial charge in [-0.15, -0.1) is 0 Å². The highest BCUT2D eigenvalue weighted by atomic mass is 15.3. The second kappa shape index (κ2) is 6.08. The fourth-order valence-corrected chi connectivity index (χ4v) is 2.67. The van der Waals surface area contributed by atoms with E-state index in [0.29, 0.717) is 0 Å². The van der Waals surface area contributed by atoms with Gasteiger partial charge >= 0.3 is 0 Å². The molecule has 0 bridgehead atoms. The molecule has 0 unspecified atom stereocenters. The second-order valence-corrected chi connectivity index (χ2v) is 5.25. The summed E-state index contributed by atoms with van der Waals surface area (Å²) in [7, 11) is 0. The van der Waals surface area contributed by atoms with Crippen LogP contribution in [0.4, 0.5) is 0 Å². The molecule has 0 aliphatic carbocycles. The maximum atomic E-state index is 4.76. The van der Waals surface area contributed by atoms with E-state index >= 15 is 0 Å². The number of fused-ring (bicyclic) bond motifs is 1. The van der Waals surface area contributed by atoms with Gasteiger partial charge in [0.25, 0.3) is 0 Å². The monoisotopic (exact) mass is 283 g/mol. The van der Waals surface area contributed by atoms with Gasteiger partial charge in [-0.3, -0.25) is 0 Å². The fraction of sp³-hybridized carbons (Fsp3) is 0.438. The molecule has 0 fully saturated rings. The molecule has 3 rings (SSSR count). The van der Waals surface area contributed by atoms with Crippen molar-refractivity contribution in [2.45, 2.75) is 46.2 Å². The predicted molar refractivity (Wildman–Crippen MR) is 83.1 cm³/mol. The van der Waals surface area contributed by atoms with Gasteiger partial charge in [0, 0.05) is 13.0 Å². The molecule has 110 valence electrons. The van der Waals surface area contributed by atoms with Crippen molar-refractivity contribution in [1.82, 2.24) is 24.3 Å². The molecule has 0 N–H and O–H groups in total. The number of para-hydroxylation sites is 2. The number of hydrogen-bond acceptors (Lipinski definition) is 3. The Hall–Kier alpha value is -2.17. The van der Waals surface area contributed by atoms with Crippen LogP contribution in [0.1, 0.15) is 38.3 Å². The van der Waals surface area contributed by atoms with E-state index in [1.54, 1.807) is 6.33 Å². The van der Waals surface area contributed by atoms with Crippen LogP contribution in [-0.2, 0) is 19.5 Å². The normalized spacial score (nSPS) is 11.3. The molecule has 21 heavy (non-hydrogen) atoms. The molecule has 0 aliphatic heterocycles. The summed E-state index contributed by atoms with van der Waals surface area (Å²) in [6, 6.07) is 8.30. The lowest BCUT2D eigenvalue weighted by molar-refractivity contribution is 0.551. The third kappa shape index (κ3) is 2.68. The summed E-state index contributed by atoms with van der Waals surface area (Å²) in [5, 5.41) is 4.31. The van der Waals surface area contributed by atoms with Crippen molar-refractivity contribution in [3.63, 3.8) is 0 Å². The van der Waals surface area contributed by atoms with Gasteiger partial charge in [0.1, 0.15) is 18.0 Å². The van der Waals surface area contributed by atoms with Crippen LogP contribution < -0.4 is 0 Å². The van der Waals surface area contributed by atoms with Gasteiger partial charge in [0.15, 0.2) is 0 Å². The number of benzene rings is 1. The number of aryl methyl sites for hydroxylation is 2. The summed E-state index contributed by atoms with van der Waals surface area (Å²) in [5.41, 5.74) is 2.23. The van der Waals surface area contributed by atoms with Crippen LogP contribution in [0, 0.1) is 0 Å². The SMILES string of the molecule is CCCc1nc2ccccc2n1Cc1ncnn1CCC. The number of imidazole rings is 1. The molecule has 0 radical (unpaired) electrons. The topological polar surface area (TPSA) is 48.5 Å². The van der Waals surface area contributed by atoms with Crippen molar-refractivity contribution in [1.29, 1.82) is 0 Å². The van der Waals surface area contributed by atoms with E-state index in [1.807, 2.05) is 10.7 Å². The van der Waals surface area contributed by atoms with Crippen molar-refractivity contribution in [3.8, 4) is 0 Å². The highest BCUT2D eigenvalue weighted by molar-refractivity contribution is 5.76. The molecular weight excluding hydrogens is 262 g/mol. The molecule has 0 saturated heterocycles. The first-order chi connectivity index (χ1) is 10.3. The minimum atomic E-state index is 0.732. The average Bonchev–Trinajstić information content (AvgIpc) is 3.06. The van der Waals surface area contributed by atoms with Crippen molar-refractivity contribution >= 4 is 11.0 Å². The summed E-state index contributed by atoms with van der Waals surface area (Å²) in [5.74, 6) is 2.13. The molecule has 0 aliphatic rings. The molecule has 0 atom stereocenters. The van der Waals surface area contributed by atoms with Crippen LogP contribution in [0.25, 0.3) is 11.0 Å². The second-order valence-electron chi connectivity index (χ2n) is 5.25. The Kier molecular flexibility index (Phi) is 3.99.